The number of fused-ring (bicyclic) bond motifs is 1. The van der Waals surface area contributed by atoms with Gasteiger partial charge < -0.3 is 10.0 Å². The van der Waals surface area contributed by atoms with Crippen LogP contribution in [0.3, 0.4) is 0 Å². The minimum absolute atomic E-state index is 0.170. The second-order valence-electron chi connectivity index (χ2n) is 5.05. The summed E-state index contributed by atoms with van der Waals surface area (Å²) < 4.78 is 0. The van der Waals surface area contributed by atoms with E-state index >= 15 is 0 Å². The summed E-state index contributed by atoms with van der Waals surface area (Å²) in [4.78, 5) is 3.50. The first kappa shape index (κ1) is 12.5. The lowest BCUT2D eigenvalue weighted by Gasteiger charge is -2.10. The minimum atomic E-state index is 0.170. The lowest BCUT2D eigenvalue weighted by Crippen LogP contribution is -2.07. The predicted octanol–water partition coefficient (Wildman–Crippen LogP) is 2.50. The van der Waals surface area contributed by atoms with Crippen LogP contribution in [0.1, 0.15) is 5.56 Å². The van der Waals surface area contributed by atoms with E-state index in [2.05, 4.69) is 10.2 Å². The minimum Gasteiger partial charge on any atom is -0.506 e. The van der Waals surface area contributed by atoms with E-state index in [0.29, 0.717) is 5.69 Å². The number of benzene rings is 2. The Kier molecular flexibility index (Phi) is 2.82. The Bertz CT molecular complexity index is 777. The Labute approximate surface area is 117 Å². The first-order chi connectivity index (χ1) is 9.54. The first-order valence-corrected chi connectivity index (χ1v) is 6.39. The van der Waals surface area contributed by atoms with Gasteiger partial charge >= 0.3 is 0 Å². The number of hydrogen-bond acceptors (Lipinski definition) is 4. The van der Waals surface area contributed by atoms with Gasteiger partial charge in [0.1, 0.15) is 22.5 Å². The van der Waals surface area contributed by atoms with Gasteiger partial charge in [0.05, 0.1) is 0 Å². The highest BCUT2D eigenvalue weighted by atomic mass is 16.3. The zero-order chi connectivity index (χ0) is 14.3. The molecule has 5 nitrogen and oxygen atoms in total. The highest BCUT2D eigenvalue weighted by Gasteiger charge is 2.09. The van der Waals surface area contributed by atoms with Gasteiger partial charge in [-0.3, -0.25) is 0 Å². The summed E-state index contributed by atoms with van der Waals surface area (Å²) in [6.45, 7) is 1.97. The third kappa shape index (κ3) is 2.07. The monoisotopic (exact) mass is 268 g/mol. The van der Waals surface area contributed by atoms with E-state index in [1.54, 1.807) is 6.07 Å². The molecule has 0 spiro atoms. The molecular formula is C15H16N4O. The molecule has 0 aliphatic rings. The molecular weight excluding hydrogens is 252 g/mol. The van der Waals surface area contributed by atoms with Crippen LogP contribution in [0, 0.1) is 6.92 Å². The average molecular weight is 268 g/mol. The van der Waals surface area contributed by atoms with Crippen LogP contribution in [0.2, 0.25) is 0 Å². The molecule has 3 rings (SSSR count). The van der Waals surface area contributed by atoms with E-state index in [1.165, 1.54) is 4.80 Å². The molecule has 3 aromatic rings. The van der Waals surface area contributed by atoms with E-state index < -0.39 is 0 Å². The van der Waals surface area contributed by atoms with E-state index in [1.807, 2.05) is 56.3 Å². The van der Waals surface area contributed by atoms with Crippen LogP contribution in [0.25, 0.3) is 16.7 Å². The van der Waals surface area contributed by atoms with Crippen LogP contribution in [0.15, 0.2) is 36.4 Å². The number of aromatic nitrogens is 3. The highest BCUT2D eigenvalue weighted by molar-refractivity contribution is 5.78. The van der Waals surface area contributed by atoms with Crippen LogP contribution in [0.5, 0.6) is 5.75 Å². The lowest BCUT2D eigenvalue weighted by atomic mass is 10.2. The Morgan fingerprint density at radius 2 is 1.75 bits per heavy atom. The molecule has 0 amide bonds. The van der Waals surface area contributed by atoms with Crippen molar-refractivity contribution >= 4 is 16.7 Å². The molecule has 0 unspecified atom stereocenters. The summed E-state index contributed by atoms with van der Waals surface area (Å²) in [6.07, 6.45) is 0. The second kappa shape index (κ2) is 4.52. The SMILES string of the molecule is Cc1ccc(O)c(-n2nc3ccc(N(C)C)cc3n2)c1. The number of aromatic hydroxyl groups is 1. The molecule has 1 heterocycles. The first-order valence-electron chi connectivity index (χ1n) is 6.39. The van der Waals surface area contributed by atoms with Crippen molar-refractivity contribution in [3.05, 3.63) is 42.0 Å². The van der Waals surface area contributed by atoms with Gasteiger partial charge in [0, 0.05) is 19.8 Å². The number of nitrogens with zero attached hydrogens (tertiary/aromatic N) is 4. The molecule has 0 fully saturated rings. The number of phenolic OH excluding ortho intramolecular Hbond substituents is 1. The van der Waals surface area contributed by atoms with Crippen molar-refractivity contribution < 1.29 is 5.11 Å². The molecule has 2 aromatic carbocycles. The molecule has 0 atom stereocenters. The summed E-state index contributed by atoms with van der Waals surface area (Å²) in [5.74, 6) is 0.170. The fourth-order valence-electron chi connectivity index (χ4n) is 2.08. The zero-order valence-electron chi connectivity index (χ0n) is 11.7. The van der Waals surface area contributed by atoms with Crippen molar-refractivity contribution in [2.45, 2.75) is 6.92 Å². The van der Waals surface area contributed by atoms with Crippen LogP contribution in [-0.2, 0) is 0 Å². The molecule has 5 heteroatoms. The maximum absolute atomic E-state index is 9.95. The Hall–Kier alpha value is -2.56. The van der Waals surface area contributed by atoms with Gasteiger partial charge in [-0.1, -0.05) is 6.07 Å². The van der Waals surface area contributed by atoms with Crippen molar-refractivity contribution in [3.63, 3.8) is 0 Å². The maximum atomic E-state index is 9.95. The van der Waals surface area contributed by atoms with Crippen LogP contribution in [-0.4, -0.2) is 34.2 Å². The normalized spacial score (nSPS) is 10.9. The largest absolute Gasteiger partial charge is 0.506 e. The summed E-state index contributed by atoms with van der Waals surface area (Å²) in [5, 5.41) is 18.8. The number of hydrogen-bond donors (Lipinski definition) is 1. The van der Waals surface area contributed by atoms with E-state index in [-0.39, 0.29) is 5.75 Å². The summed E-state index contributed by atoms with van der Waals surface area (Å²) in [7, 11) is 3.97. The van der Waals surface area contributed by atoms with E-state index in [0.717, 1.165) is 22.3 Å². The quantitative estimate of drug-likeness (QED) is 0.776. The summed E-state index contributed by atoms with van der Waals surface area (Å²) in [6, 6.07) is 11.3. The van der Waals surface area contributed by atoms with Gasteiger partial charge in [0.25, 0.3) is 0 Å². The van der Waals surface area contributed by atoms with Gasteiger partial charge in [-0.05, 0) is 42.8 Å². The smallest absolute Gasteiger partial charge is 0.143 e. The standard InChI is InChI=1S/C15H16N4O/c1-10-4-7-15(20)14(8-10)19-16-12-6-5-11(18(2)3)9-13(12)17-19/h4-9,20H,1-3H3. The second-order valence-corrected chi connectivity index (χ2v) is 5.05. The molecule has 0 aliphatic carbocycles. The summed E-state index contributed by atoms with van der Waals surface area (Å²) in [5.41, 5.74) is 4.31. The zero-order valence-corrected chi connectivity index (χ0v) is 11.7. The molecule has 0 saturated heterocycles. The number of rotatable bonds is 2. The molecule has 0 aliphatic heterocycles. The van der Waals surface area contributed by atoms with Crippen molar-refractivity contribution in [2.75, 3.05) is 19.0 Å². The Morgan fingerprint density at radius 1 is 1.00 bits per heavy atom. The highest BCUT2D eigenvalue weighted by Crippen LogP contribution is 2.24. The Balaban J connectivity index is 2.15. The van der Waals surface area contributed by atoms with Gasteiger partial charge in [0.15, 0.2) is 0 Å². The number of phenols is 1. The van der Waals surface area contributed by atoms with Crippen molar-refractivity contribution in [1.29, 1.82) is 0 Å². The van der Waals surface area contributed by atoms with Gasteiger partial charge in [0.2, 0.25) is 0 Å². The topological polar surface area (TPSA) is 54.2 Å². The van der Waals surface area contributed by atoms with Crippen LogP contribution < -0.4 is 4.90 Å². The molecule has 0 saturated carbocycles. The average Bonchev–Trinajstić information content (AvgIpc) is 2.83. The van der Waals surface area contributed by atoms with Crippen molar-refractivity contribution in [2.24, 2.45) is 0 Å². The fraction of sp³-hybridized carbons (Fsp3) is 0.200. The van der Waals surface area contributed by atoms with Crippen LogP contribution >= 0.6 is 0 Å². The maximum Gasteiger partial charge on any atom is 0.143 e. The van der Waals surface area contributed by atoms with Crippen molar-refractivity contribution in [3.8, 4) is 11.4 Å². The van der Waals surface area contributed by atoms with Gasteiger partial charge in [-0.15, -0.1) is 15.0 Å². The lowest BCUT2D eigenvalue weighted by molar-refractivity contribution is 0.467. The van der Waals surface area contributed by atoms with Crippen molar-refractivity contribution in [1.82, 2.24) is 15.0 Å². The third-order valence-corrected chi connectivity index (χ3v) is 3.23. The van der Waals surface area contributed by atoms with Crippen LogP contribution in [0.4, 0.5) is 5.69 Å². The molecule has 102 valence electrons. The Morgan fingerprint density at radius 3 is 2.50 bits per heavy atom. The van der Waals surface area contributed by atoms with E-state index in [9.17, 15) is 5.11 Å². The molecule has 1 N–H and O–H groups in total. The fourth-order valence-corrected chi connectivity index (χ4v) is 2.08. The molecule has 0 bridgehead atoms. The molecule has 0 radical (unpaired) electrons. The summed E-state index contributed by atoms with van der Waals surface area (Å²) >= 11 is 0. The number of anilines is 1. The number of aryl methyl sites for hydroxylation is 1. The van der Waals surface area contributed by atoms with Gasteiger partial charge in [-0.2, -0.15) is 0 Å². The predicted molar refractivity (Wildman–Crippen MR) is 79.6 cm³/mol. The third-order valence-electron chi connectivity index (χ3n) is 3.23. The molecule has 1 aromatic heterocycles. The van der Waals surface area contributed by atoms with Gasteiger partial charge in [-0.25, -0.2) is 0 Å². The molecule has 20 heavy (non-hydrogen) atoms. The van der Waals surface area contributed by atoms with E-state index in [4.69, 9.17) is 0 Å².